The number of furan rings is 1. The fraction of sp³-hybridized carbons (Fsp3) is 0. The molecule has 0 aliphatic rings. The molecule has 13 rings (SSSR count). The van der Waals surface area contributed by atoms with Crippen molar-refractivity contribution in [3.63, 3.8) is 0 Å². The lowest BCUT2D eigenvalue weighted by Gasteiger charge is -2.12. The van der Waals surface area contributed by atoms with E-state index in [1.54, 1.807) is 0 Å². The Kier molecular flexibility index (Phi) is 5.74. The molecule has 4 aromatic heterocycles. The highest BCUT2D eigenvalue weighted by molar-refractivity contribution is 7.27. The van der Waals surface area contributed by atoms with Gasteiger partial charge in [-0.15, -0.1) is 11.3 Å². The van der Waals surface area contributed by atoms with Crippen molar-refractivity contribution >= 4 is 118 Å². The molecule has 0 aliphatic heterocycles. The number of rotatable bonds is 2. The molecule has 55 heavy (non-hydrogen) atoms. The smallest absolute Gasteiger partial charge is 0.236 e. The first-order valence-corrected chi connectivity index (χ1v) is 19.4. The quantitative estimate of drug-likeness (QED) is 0.167. The molecular weight excluding hydrogens is 691 g/mol. The van der Waals surface area contributed by atoms with E-state index in [1.807, 2.05) is 23.5 Å². The number of benzene rings is 9. The van der Waals surface area contributed by atoms with E-state index in [1.165, 1.54) is 68.6 Å². The number of aromatic nitrogens is 3. The van der Waals surface area contributed by atoms with Crippen LogP contribution in [0.25, 0.3) is 124 Å². The number of hydrogen-bond donors (Lipinski definition) is 0. The van der Waals surface area contributed by atoms with Crippen molar-refractivity contribution in [2.45, 2.75) is 0 Å². The van der Waals surface area contributed by atoms with Gasteiger partial charge in [-0.1, -0.05) is 140 Å². The number of para-hydroxylation sites is 1. The molecule has 0 fully saturated rings. The van der Waals surface area contributed by atoms with E-state index in [0.29, 0.717) is 11.5 Å². The maximum Gasteiger partial charge on any atom is 0.236 e. The second-order valence-corrected chi connectivity index (χ2v) is 15.5. The first-order chi connectivity index (χ1) is 27.3. The topological polar surface area (TPSA) is 43.9 Å². The second kappa shape index (κ2) is 10.8. The number of thiophene rings is 1. The third kappa shape index (κ3) is 3.94. The molecule has 0 atom stereocenters. The van der Waals surface area contributed by atoms with Crippen LogP contribution in [-0.2, 0) is 0 Å². The zero-order chi connectivity index (χ0) is 35.8. The Bertz CT molecular complexity index is 3790. The summed E-state index contributed by atoms with van der Waals surface area (Å²) in [6, 6.07) is 58.7. The summed E-state index contributed by atoms with van der Waals surface area (Å²) in [5, 5.41) is 15.5. The number of nitrogens with zero attached hydrogens (tertiary/aromatic N) is 3. The highest BCUT2D eigenvalue weighted by Crippen LogP contribution is 2.49. The lowest BCUT2D eigenvalue weighted by molar-refractivity contribution is 0.666. The fourth-order valence-corrected chi connectivity index (χ4v) is 10.4. The Morgan fingerprint density at radius 1 is 0.455 bits per heavy atom. The van der Waals surface area contributed by atoms with Crippen LogP contribution in [-0.4, -0.2) is 14.5 Å². The van der Waals surface area contributed by atoms with Crippen LogP contribution >= 0.6 is 11.3 Å². The summed E-state index contributed by atoms with van der Waals surface area (Å²) in [5.74, 6) is 0.623. The first-order valence-electron chi connectivity index (χ1n) is 18.6. The molecule has 0 saturated heterocycles. The van der Waals surface area contributed by atoms with E-state index in [0.717, 1.165) is 44.2 Å². The molecule has 0 aliphatic carbocycles. The van der Waals surface area contributed by atoms with Crippen LogP contribution in [0.1, 0.15) is 0 Å². The molecule has 9 aromatic carbocycles. The Morgan fingerprint density at radius 3 is 1.91 bits per heavy atom. The minimum absolute atomic E-state index is 0.623. The maximum atomic E-state index is 6.69. The predicted molar refractivity (Wildman–Crippen MR) is 232 cm³/mol. The average molecular weight is 718 g/mol. The minimum Gasteiger partial charge on any atom is -0.452 e. The molecule has 5 heteroatoms. The van der Waals surface area contributed by atoms with Crippen molar-refractivity contribution < 1.29 is 4.42 Å². The second-order valence-electron chi connectivity index (χ2n) is 14.5. The van der Waals surface area contributed by atoms with Gasteiger partial charge in [0.2, 0.25) is 5.95 Å². The average Bonchev–Trinajstić information content (AvgIpc) is 3.93. The molecular formula is C50H27N3OS. The fourth-order valence-electron chi connectivity index (χ4n) is 9.16. The third-order valence-corrected chi connectivity index (χ3v) is 12.7. The van der Waals surface area contributed by atoms with Crippen LogP contribution in [0, 0.1) is 0 Å². The Balaban J connectivity index is 1.26. The minimum atomic E-state index is 0.623. The van der Waals surface area contributed by atoms with Crippen LogP contribution in [0.5, 0.6) is 0 Å². The maximum absolute atomic E-state index is 6.69. The summed E-state index contributed by atoms with van der Waals surface area (Å²) < 4.78 is 11.5. The van der Waals surface area contributed by atoms with E-state index in [2.05, 4.69) is 156 Å². The Hall–Kier alpha value is -7.08. The normalized spacial score (nSPS) is 12.4. The zero-order valence-electron chi connectivity index (χ0n) is 29.2. The molecule has 0 unspecified atom stereocenters. The van der Waals surface area contributed by atoms with Crippen LogP contribution in [0.2, 0.25) is 0 Å². The zero-order valence-corrected chi connectivity index (χ0v) is 30.1. The van der Waals surface area contributed by atoms with Gasteiger partial charge < -0.3 is 4.42 Å². The summed E-state index contributed by atoms with van der Waals surface area (Å²) in [7, 11) is 0. The molecule has 0 bridgehead atoms. The van der Waals surface area contributed by atoms with Crippen molar-refractivity contribution in [3.8, 4) is 17.2 Å². The van der Waals surface area contributed by atoms with E-state index < -0.39 is 0 Å². The molecule has 0 radical (unpaired) electrons. The van der Waals surface area contributed by atoms with Gasteiger partial charge >= 0.3 is 0 Å². The summed E-state index contributed by atoms with van der Waals surface area (Å²) in [5.41, 5.74) is 6.27. The largest absolute Gasteiger partial charge is 0.452 e. The summed E-state index contributed by atoms with van der Waals surface area (Å²) in [6.07, 6.45) is 0. The lowest BCUT2D eigenvalue weighted by Crippen LogP contribution is -2.03. The first kappa shape index (κ1) is 29.4. The summed E-state index contributed by atoms with van der Waals surface area (Å²) >= 11 is 1.85. The Morgan fingerprint density at radius 2 is 1.07 bits per heavy atom. The van der Waals surface area contributed by atoms with Gasteiger partial charge in [-0.25, -0.2) is 9.97 Å². The van der Waals surface area contributed by atoms with Crippen molar-refractivity contribution in [3.05, 3.63) is 164 Å². The van der Waals surface area contributed by atoms with E-state index in [-0.39, 0.29) is 0 Å². The molecule has 0 spiro atoms. The van der Waals surface area contributed by atoms with Crippen LogP contribution in [0.15, 0.2) is 168 Å². The lowest BCUT2D eigenvalue weighted by atomic mass is 9.98. The number of hydrogen-bond acceptors (Lipinski definition) is 4. The molecule has 0 N–H and O–H groups in total. The monoisotopic (exact) mass is 717 g/mol. The van der Waals surface area contributed by atoms with Crippen LogP contribution in [0.3, 0.4) is 0 Å². The SMILES string of the molecule is c1ccc2c(c1)ccc1ccc(-c3nc(-n4c5c6ccccc6ccc5c5c6ccccc6c6c7ccccc7sc6c54)nc4c3oc3ccccc34)cc12. The van der Waals surface area contributed by atoms with E-state index >= 15 is 0 Å². The predicted octanol–water partition coefficient (Wildman–Crippen LogP) is 14.1. The molecule has 4 nitrogen and oxygen atoms in total. The van der Waals surface area contributed by atoms with E-state index in [9.17, 15) is 0 Å². The van der Waals surface area contributed by atoms with Crippen molar-refractivity contribution in [2.24, 2.45) is 0 Å². The Labute approximate surface area is 317 Å². The van der Waals surface area contributed by atoms with Gasteiger partial charge in [-0.05, 0) is 62.0 Å². The highest BCUT2D eigenvalue weighted by atomic mass is 32.1. The summed E-state index contributed by atoms with van der Waals surface area (Å²) in [4.78, 5) is 11.1. The standard InChI is InChI=1S/C50H27N3OS/c1-3-13-32-28(11-1)21-22-30-23-24-31(27-39(30)32)44-48-45(36-17-7-9-19-40(36)54-48)52-50(51-44)53-46-33-14-4-2-12-29(33)25-26-38(46)42-34-15-5-6-16-35(34)43-37-18-8-10-20-41(37)55-49(43)47(42)53/h1-27H. The van der Waals surface area contributed by atoms with Gasteiger partial charge in [0.05, 0.1) is 15.7 Å². The van der Waals surface area contributed by atoms with Crippen LogP contribution in [0.4, 0.5) is 0 Å². The molecule has 13 aromatic rings. The van der Waals surface area contributed by atoms with Crippen LogP contribution < -0.4 is 0 Å². The summed E-state index contributed by atoms with van der Waals surface area (Å²) in [6.45, 7) is 0. The van der Waals surface area contributed by atoms with E-state index in [4.69, 9.17) is 14.4 Å². The molecule has 0 saturated carbocycles. The number of fused-ring (bicyclic) bond motifs is 18. The highest BCUT2D eigenvalue weighted by Gasteiger charge is 2.26. The van der Waals surface area contributed by atoms with Crippen molar-refractivity contribution in [2.75, 3.05) is 0 Å². The van der Waals surface area contributed by atoms with Gasteiger partial charge in [0.1, 0.15) is 16.8 Å². The van der Waals surface area contributed by atoms with Gasteiger partial charge in [0.25, 0.3) is 0 Å². The van der Waals surface area contributed by atoms with Crippen molar-refractivity contribution in [1.29, 1.82) is 0 Å². The van der Waals surface area contributed by atoms with Gasteiger partial charge in [-0.3, -0.25) is 4.57 Å². The molecule has 0 amide bonds. The van der Waals surface area contributed by atoms with Crippen molar-refractivity contribution in [1.82, 2.24) is 14.5 Å². The van der Waals surface area contributed by atoms with Gasteiger partial charge in [-0.2, -0.15) is 0 Å². The molecule has 4 heterocycles. The molecule has 254 valence electrons. The van der Waals surface area contributed by atoms with Gasteiger partial charge in [0.15, 0.2) is 5.58 Å². The van der Waals surface area contributed by atoms with Gasteiger partial charge in [0, 0.05) is 42.6 Å². The third-order valence-electron chi connectivity index (χ3n) is 11.6.